The van der Waals surface area contributed by atoms with Crippen LogP contribution in [-0.4, -0.2) is 19.0 Å². The Bertz CT molecular complexity index is 692. The molecule has 0 spiro atoms. The highest BCUT2D eigenvalue weighted by Gasteiger charge is 2.60. The SMILES string of the molecule is COC(=O)C(=C=O)CC(C)[C@H]1CC[C@H]2[C@@H]3CCC4CCCC[C@]4(C)[C@H]3CC[C@]12C. The molecule has 4 fully saturated rings. The Hall–Kier alpha value is -1.08. The van der Waals surface area contributed by atoms with Gasteiger partial charge in [0.05, 0.1) is 7.11 Å². The zero-order valence-corrected chi connectivity index (χ0v) is 19.0. The highest BCUT2D eigenvalue weighted by Crippen LogP contribution is 2.68. The number of rotatable bonds is 4. The van der Waals surface area contributed by atoms with Gasteiger partial charge in [-0.05, 0) is 104 Å². The maximum Gasteiger partial charge on any atom is 0.344 e. The first-order valence-electron chi connectivity index (χ1n) is 12.2. The zero-order chi connectivity index (χ0) is 20.8. The molecule has 0 aromatic carbocycles. The summed E-state index contributed by atoms with van der Waals surface area (Å²) in [7, 11) is 1.35. The normalized spacial score (nSPS) is 44.6. The summed E-state index contributed by atoms with van der Waals surface area (Å²) in [5, 5.41) is 0. The fourth-order valence-corrected chi connectivity index (χ4v) is 9.02. The number of carbonyl (C=O) groups excluding carboxylic acids is 2. The van der Waals surface area contributed by atoms with E-state index in [4.69, 9.17) is 4.74 Å². The van der Waals surface area contributed by atoms with Crippen molar-refractivity contribution in [2.75, 3.05) is 7.11 Å². The van der Waals surface area contributed by atoms with E-state index >= 15 is 0 Å². The Morgan fingerprint density at radius 2 is 1.76 bits per heavy atom. The molecule has 4 rings (SSSR count). The number of hydrogen-bond donors (Lipinski definition) is 0. The van der Waals surface area contributed by atoms with Crippen LogP contribution in [0.15, 0.2) is 5.57 Å². The minimum atomic E-state index is -0.501. The van der Waals surface area contributed by atoms with E-state index in [0.717, 1.165) is 23.7 Å². The Morgan fingerprint density at radius 1 is 1.00 bits per heavy atom. The third kappa shape index (κ3) is 3.32. The van der Waals surface area contributed by atoms with E-state index in [1.165, 1.54) is 71.3 Å². The number of fused-ring (bicyclic) bond motifs is 5. The summed E-state index contributed by atoms with van der Waals surface area (Å²) in [5.74, 6) is 5.91. The molecule has 0 bridgehead atoms. The monoisotopic (exact) mass is 400 g/mol. The number of methoxy groups -OCH3 is 1. The van der Waals surface area contributed by atoms with Gasteiger partial charge in [-0.25, -0.2) is 9.59 Å². The lowest BCUT2D eigenvalue weighted by molar-refractivity contribution is -0.136. The molecule has 2 unspecified atom stereocenters. The van der Waals surface area contributed by atoms with Crippen LogP contribution in [0.25, 0.3) is 0 Å². The maximum absolute atomic E-state index is 11.9. The smallest absolute Gasteiger partial charge is 0.344 e. The van der Waals surface area contributed by atoms with Gasteiger partial charge in [-0.1, -0.05) is 33.6 Å². The van der Waals surface area contributed by atoms with Gasteiger partial charge in [0.2, 0.25) is 0 Å². The van der Waals surface area contributed by atoms with E-state index in [1.54, 1.807) is 0 Å². The number of ether oxygens (including phenoxy) is 1. The Kier molecular flexibility index (Phi) is 5.75. The molecule has 0 saturated heterocycles. The molecular weight excluding hydrogens is 360 g/mol. The van der Waals surface area contributed by atoms with Crippen LogP contribution in [-0.2, 0) is 14.3 Å². The maximum atomic E-state index is 11.9. The lowest BCUT2D eigenvalue weighted by Crippen LogP contribution is -2.53. The second-order valence-corrected chi connectivity index (χ2v) is 11.4. The molecule has 4 aliphatic rings. The third-order valence-electron chi connectivity index (χ3n) is 10.4. The van der Waals surface area contributed by atoms with E-state index < -0.39 is 5.97 Å². The molecule has 0 aromatic rings. The predicted octanol–water partition coefficient (Wildman–Crippen LogP) is 5.99. The van der Waals surface area contributed by atoms with Gasteiger partial charge in [0.25, 0.3) is 0 Å². The van der Waals surface area contributed by atoms with Crippen molar-refractivity contribution >= 4 is 11.9 Å². The van der Waals surface area contributed by atoms with Crippen LogP contribution in [0.5, 0.6) is 0 Å². The van der Waals surface area contributed by atoms with Gasteiger partial charge in [0, 0.05) is 0 Å². The molecule has 0 amide bonds. The number of carbonyl (C=O) groups is 1. The molecule has 0 aromatic heterocycles. The zero-order valence-electron chi connectivity index (χ0n) is 19.0. The van der Waals surface area contributed by atoms with Gasteiger partial charge in [-0.2, -0.15) is 0 Å². The molecule has 29 heavy (non-hydrogen) atoms. The van der Waals surface area contributed by atoms with Crippen LogP contribution in [0, 0.1) is 46.3 Å². The predicted molar refractivity (Wildman–Crippen MR) is 115 cm³/mol. The van der Waals surface area contributed by atoms with Crippen molar-refractivity contribution in [3.05, 3.63) is 5.57 Å². The Labute approximate surface area is 177 Å². The fourth-order valence-electron chi connectivity index (χ4n) is 9.02. The van der Waals surface area contributed by atoms with Crippen LogP contribution in [0.1, 0.15) is 91.4 Å². The van der Waals surface area contributed by atoms with Gasteiger partial charge in [0.15, 0.2) is 0 Å². The topological polar surface area (TPSA) is 43.4 Å². The molecular formula is C26H40O3. The van der Waals surface area contributed by atoms with E-state index in [1.807, 2.05) is 5.94 Å². The van der Waals surface area contributed by atoms with Gasteiger partial charge >= 0.3 is 5.97 Å². The van der Waals surface area contributed by atoms with Crippen LogP contribution in [0.3, 0.4) is 0 Å². The van der Waals surface area contributed by atoms with Crippen molar-refractivity contribution in [1.29, 1.82) is 0 Å². The van der Waals surface area contributed by atoms with Gasteiger partial charge in [0.1, 0.15) is 11.5 Å². The molecule has 0 heterocycles. The summed E-state index contributed by atoms with van der Waals surface area (Å²) in [6.45, 7) is 7.42. The Balaban J connectivity index is 1.52. The second kappa shape index (κ2) is 7.88. The molecule has 4 saturated carbocycles. The molecule has 0 aliphatic heterocycles. The summed E-state index contributed by atoms with van der Waals surface area (Å²) < 4.78 is 4.79. The van der Waals surface area contributed by atoms with E-state index in [-0.39, 0.29) is 5.57 Å². The lowest BCUT2D eigenvalue weighted by Gasteiger charge is -2.61. The molecule has 8 atom stereocenters. The molecule has 0 radical (unpaired) electrons. The van der Waals surface area contributed by atoms with Gasteiger partial charge in [-0.3, -0.25) is 0 Å². The van der Waals surface area contributed by atoms with Gasteiger partial charge in [-0.15, -0.1) is 0 Å². The summed E-state index contributed by atoms with van der Waals surface area (Å²) in [6.07, 6.45) is 14.5. The standard InChI is InChI=1S/C26H40O3/c1-17(15-18(16-27)24(28)29-4)21-10-11-22-20-9-8-19-7-5-6-13-25(19,2)23(20)12-14-26(21,22)3/h17,19-23H,5-15H2,1-4H3/t17?,19?,20-,21+,22-,23-,25-,26+/m0/s1. The van der Waals surface area contributed by atoms with Crippen LogP contribution >= 0.6 is 0 Å². The number of esters is 1. The molecule has 3 nitrogen and oxygen atoms in total. The summed E-state index contributed by atoms with van der Waals surface area (Å²) >= 11 is 0. The van der Waals surface area contributed by atoms with Crippen LogP contribution < -0.4 is 0 Å². The summed E-state index contributed by atoms with van der Waals surface area (Å²) in [6, 6.07) is 0. The van der Waals surface area contributed by atoms with Gasteiger partial charge < -0.3 is 4.74 Å². The highest BCUT2D eigenvalue weighted by atomic mass is 16.5. The van der Waals surface area contributed by atoms with Crippen molar-refractivity contribution in [3.63, 3.8) is 0 Å². The van der Waals surface area contributed by atoms with Crippen LogP contribution in [0.4, 0.5) is 0 Å². The van der Waals surface area contributed by atoms with Crippen molar-refractivity contribution < 1.29 is 14.3 Å². The van der Waals surface area contributed by atoms with Crippen molar-refractivity contribution in [1.82, 2.24) is 0 Å². The molecule has 162 valence electrons. The number of hydrogen-bond acceptors (Lipinski definition) is 3. The largest absolute Gasteiger partial charge is 0.465 e. The van der Waals surface area contributed by atoms with Crippen molar-refractivity contribution in [2.24, 2.45) is 46.3 Å². The van der Waals surface area contributed by atoms with E-state index in [2.05, 4.69) is 20.8 Å². The first-order chi connectivity index (χ1) is 13.8. The second-order valence-electron chi connectivity index (χ2n) is 11.4. The molecule has 4 aliphatic carbocycles. The molecule has 3 heteroatoms. The van der Waals surface area contributed by atoms with Crippen molar-refractivity contribution in [2.45, 2.75) is 91.4 Å². The Morgan fingerprint density at radius 3 is 2.48 bits per heavy atom. The lowest BCUT2D eigenvalue weighted by atomic mass is 9.44. The molecule has 0 N–H and O–H groups in total. The first kappa shape index (κ1) is 21.2. The van der Waals surface area contributed by atoms with E-state index in [0.29, 0.717) is 29.1 Å². The van der Waals surface area contributed by atoms with E-state index in [9.17, 15) is 9.59 Å². The quantitative estimate of drug-likeness (QED) is 0.330. The average Bonchev–Trinajstić information content (AvgIpc) is 3.08. The minimum absolute atomic E-state index is 0.191. The summed E-state index contributed by atoms with van der Waals surface area (Å²) in [4.78, 5) is 23.2. The third-order valence-corrected chi connectivity index (χ3v) is 10.4. The van der Waals surface area contributed by atoms with Crippen molar-refractivity contribution in [3.8, 4) is 0 Å². The average molecular weight is 401 g/mol. The first-order valence-corrected chi connectivity index (χ1v) is 12.2. The van der Waals surface area contributed by atoms with Crippen LogP contribution in [0.2, 0.25) is 0 Å². The fraction of sp³-hybridized carbons (Fsp3) is 0.885. The minimum Gasteiger partial charge on any atom is -0.465 e. The summed E-state index contributed by atoms with van der Waals surface area (Å²) in [5.41, 5.74) is 1.14. The highest BCUT2D eigenvalue weighted by molar-refractivity contribution is 5.96.